The van der Waals surface area contributed by atoms with Crippen LogP contribution in [0.25, 0.3) is 32.1 Å². The number of ether oxygens (including phenoxy) is 1. The van der Waals surface area contributed by atoms with Crippen molar-refractivity contribution in [1.82, 2.24) is 20.2 Å². The Hall–Kier alpha value is -3.80. The van der Waals surface area contributed by atoms with Crippen molar-refractivity contribution in [1.29, 1.82) is 5.26 Å². The van der Waals surface area contributed by atoms with Gasteiger partial charge in [-0.3, -0.25) is 4.90 Å². The fourth-order valence-electron chi connectivity index (χ4n) is 7.63. The zero-order chi connectivity index (χ0) is 32.5. The van der Waals surface area contributed by atoms with Gasteiger partial charge in [-0.1, -0.05) is 6.07 Å². The second kappa shape index (κ2) is 11.2. The molecule has 3 N–H and O–H groups in total. The van der Waals surface area contributed by atoms with Crippen LogP contribution in [0.1, 0.15) is 43.7 Å². The zero-order valence-corrected chi connectivity index (χ0v) is 26.0. The summed E-state index contributed by atoms with van der Waals surface area (Å²) in [6.45, 7) is 4.02. The predicted octanol–water partition coefficient (Wildman–Crippen LogP) is 6.27. The van der Waals surface area contributed by atoms with Gasteiger partial charge in [-0.2, -0.15) is 28.4 Å². The number of thiophene rings is 1. The lowest BCUT2D eigenvalue weighted by Crippen LogP contribution is -2.43. The van der Waals surface area contributed by atoms with E-state index < -0.39 is 29.3 Å². The van der Waals surface area contributed by atoms with Crippen molar-refractivity contribution in [2.24, 2.45) is 0 Å². The lowest BCUT2D eigenvalue weighted by atomic mass is 9.93. The number of aromatic nitrogens is 2. The van der Waals surface area contributed by atoms with Crippen LogP contribution in [0.2, 0.25) is 0 Å². The van der Waals surface area contributed by atoms with Gasteiger partial charge in [0.1, 0.15) is 35.5 Å². The summed E-state index contributed by atoms with van der Waals surface area (Å²) in [6.07, 6.45) is -3.00. The van der Waals surface area contributed by atoms with Crippen molar-refractivity contribution in [2.75, 3.05) is 43.9 Å². The number of anilines is 2. The van der Waals surface area contributed by atoms with Crippen LogP contribution >= 0.6 is 11.3 Å². The molecule has 0 saturated carbocycles. The van der Waals surface area contributed by atoms with E-state index in [-0.39, 0.29) is 73.2 Å². The Bertz CT molecular complexity index is 1890. The van der Waals surface area contributed by atoms with Crippen molar-refractivity contribution in [3.05, 3.63) is 41.2 Å². The van der Waals surface area contributed by atoms with E-state index in [1.807, 2.05) is 17.9 Å². The van der Waals surface area contributed by atoms with Gasteiger partial charge >= 0.3 is 12.2 Å². The summed E-state index contributed by atoms with van der Waals surface area (Å²) in [6, 6.07) is 6.53. The number of nitrogens with zero attached hydrogens (tertiary/aromatic N) is 5. The molecule has 4 atom stereocenters. The minimum Gasteiger partial charge on any atom is -0.461 e. The lowest BCUT2D eigenvalue weighted by Gasteiger charge is -2.32. The highest BCUT2D eigenvalue weighted by Crippen LogP contribution is 2.47. The fraction of sp³-hybridized carbons (Fsp3) is 0.469. The summed E-state index contributed by atoms with van der Waals surface area (Å²) in [7, 11) is 1.79. The molecule has 46 heavy (non-hydrogen) atoms. The molecule has 14 heteroatoms. The molecule has 242 valence electrons. The maximum Gasteiger partial charge on any atom is 0.417 e. The second-order valence-corrected chi connectivity index (χ2v) is 13.6. The van der Waals surface area contributed by atoms with Crippen molar-refractivity contribution < 1.29 is 26.7 Å². The van der Waals surface area contributed by atoms with E-state index in [1.54, 1.807) is 7.05 Å². The lowest BCUT2D eigenvalue weighted by molar-refractivity contribution is -0.137. The first-order valence-electron chi connectivity index (χ1n) is 15.2. The first-order chi connectivity index (χ1) is 21.9. The number of nitrogen functional groups attached to an aromatic ring is 1. The molecule has 0 aliphatic carbocycles. The van der Waals surface area contributed by atoms with Gasteiger partial charge in [0, 0.05) is 42.9 Å². The molecule has 8 nitrogen and oxygen atoms in total. The van der Waals surface area contributed by atoms with E-state index in [2.05, 4.69) is 20.2 Å². The van der Waals surface area contributed by atoms with E-state index in [4.69, 9.17) is 10.5 Å². The van der Waals surface area contributed by atoms with Crippen LogP contribution in [0, 0.1) is 17.1 Å². The average Bonchev–Trinajstić information content (AvgIpc) is 3.76. The Morgan fingerprint density at radius 1 is 1.26 bits per heavy atom. The number of nitrogens with two attached hydrogens (primary N) is 1. The molecule has 0 unspecified atom stereocenters. The van der Waals surface area contributed by atoms with Crippen LogP contribution < -0.4 is 20.7 Å². The predicted molar refractivity (Wildman–Crippen MR) is 167 cm³/mol. The van der Waals surface area contributed by atoms with Gasteiger partial charge in [0.15, 0.2) is 0 Å². The van der Waals surface area contributed by atoms with E-state index in [9.17, 15) is 27.2 Å². The number of fused-ring (bicyclic) bond motifs is 3. The molecular weight excluding hydrogens is 625 g/mol. The Labute approximate surface area is 265 Å². The van der Waals surface area contributed by atoms with Crippen LogP contribution in [0.5, 0.6) is 6.01 Å². The van der Waals surface area contributed by atoms with Crippen LogP contribution in [0.15, 0.2) is 24.3 Å². The van der Waals surface area contributed by atoms with E-state index in [0.29, 0.717) is 13.0 Å². The van der Waals surface area contributed by atoms with Crippen LogP contribution in [-0.2, 0) is 6.18 Å². The van der Waals surface area contributed by atoms with Crippen molar-refractivity contribution in [3.63, 3.8) is 0 Å². The maximum absolute atomic E-state index is 14.9. The minimum absolute atomic E-state index is 0.00210. The van der Waals surface area contributed by atoms with Crippen molar-refractivity contribution in [3.8, 4) is 23.2 Å². The molecule has 3 aliphatic heterocycles. The monoisotopic (exact) mass is 657 g/mol. The standard InChI is InChI=1S/C32H32F5N7OS/c1-16-25(6-8-40-16)43(2)29-20-10-22(32(35,36)37)19(18-4-5-23(34)27-26(18)21(13-38)28(39)46-27)11-24(20)41-30(42-29)45-15-31-7-3-9-44(31)14-17(33)12-31/h4-5,10-11,16-17,25,40H,3,6-9,12,14-15,39H2,1-2H3/t16-,17-,25-,31+/m1/s1. The maximum atomic E-state index is 14.9. The molecule has 3 fully saturated rings. The van der Waals surface area contributed by atoms with Crippen LogP contribution in [0.3, 0.4) is 0 Å². The molecule has 3 saturated heterocycles. The van der Waals surface area contributed by atoms with Crippen molar-refractivity contribution in [2.45, 2.75) is 62.6 Å². The third kappa shape index (κ3) is 5.00. The number of nitriles is 1. The third-order valence-electron chi connectivity index (χ3n) is 9.87. The number of halogens is 5. The van der Waals surface area contributed by atoms with E-state index in [1.165, 1.54) is 12.1 Å². The topological polar surface area (TPSA) is 103 Å². The van der Waals surface area contributed by atoms with E-state index >= 15 is 0 Å². The molecule has 4 aromatic rings. The van der Waals surface area contributed by atoms with Gasteiger partial charge in [-0.05, 0) is 68.6 Å². The van der Waals surface area contributed by atoms with Gasteiger partial charge in [0.25, 0.3) is 0 Å². The molecule has 7 rings (SSSR count). The summed E-state index contributed by atoms with van der Waals surface area (Å²) in [5.74, 6) is -0.412. The molecule has 2 aromatic heterocycles. The summed E-state index contributed by atoms with van der Waals surface area (Å²) < 4.78 is 80.1. The first-order valence-corrected chi connectivity index (χ1v) is 16.0. The summed E-state index contributed by atoms with van der Waals surface area (Å²) in [5.41, 5.74) is 4.38. The minimum atomic E-state index is -4.82. The molecule has 2 aromatic carbocycles. The molecule has 0 spiro atoms. The fourth-order valence-corrected chi connectivity index (χ4v) is 8.58. The Morgan fingerprint density at radius 2 is 2.07 bits per heavy atom. The zero-order valence-electron chi connectivity index (χ0n) is 25.2. The Morgan fingerprint density at radius 3 is 2.78 bits per heavy atom. The Kier molecular flexibility index (Phi) is 7.49. The summed E-state index contributed by atoms with van der Waals surface area (Å²) >= 11 is 0.815. The number of hydrogen-bond donors (Lipinski definition) is 2. The van der Waals surface area contributed by atoms with Gasteiger partial charge < -0.3 is 20.7 Å². The molecule has 5 heterocycles. The normalized spacial score (nSPS) is 25.0. The number of benzene rings is 2. The number of hydrogen-bond acceptors (Lipinski definition) is 9. The first kappa shape index (κ1) is 30.8. The highest BCUT2D eigenvalue weighted by Gasteiger charge is 2.49. The van der Waals surface area contributed by atoms with Gasteiger partial charge in [0.05, 0.1) is 26.9 Å². The van der Waals surface area contributed by atoms with Gasteiger partial charge in [0.2, 0.25) is 0 Å². The van der Waals surface area contributed by atoms with Crippen LogP contribution in [0.4, 0.5) is 32.8 Å². The highest BCUT2D eigenvalue weighted by molar-refractivity contribution is 7.23. The molecule has 0 amide bonds. The van der Waals surface area contributed by atoms with Gasteiger partial charge in [-0.25, -0.2) is 8.78 Å². The molecule has 0 bridgehead atoms. The van der Waals surface area contributed by atoms with Crippen molar-refractivity contribution >= 4 is 43.1 Å². The quantitative estimate of drug-likeness (QED) is 0.234. The van der Waals surface area contributed by atoms with Crippen LogP contribution in [-0.4, -0.2) is 72.0 Å². The Balaban J connectivity index is 1.43. The SMILES string of the molecule is C[C@H]1NCC[C@H]1N(C)c1nc(OC[C@@]23CCCN2C[C@H](F)C3)nc2cc(-c3ccc(F)c4sc(N)c(C#N)c34)c(C(F)(F)F)cc12. The number of rotatable bonds is 6. The smallest absolute Gasteiger partial charge is 0.417 e. The third-order valence-corrected chi connectivity index (χ3v) is 10.9. The number of nitrogens with one attached hydrogen (secondary N) is 1. The molecule has 3 aliphatic rings. The van der Waals surface area contributed by atoms with Gasteiger partial charge in [-0.15, -0.1) is 11.3 Å². The number of alkyl halides is 4. The average molecular weight is 658 g/mol. The highest BCUT2D eigenvalue weighted by atomic mass is 32.1. The molecular formula is C32H32F5N7OS. The summed E-state index contributed by atoms with van der Waals surface area (Å²) in [4.78, 5) is 13.2. The number of likely N-dealkylation sites (N-methyl/N-ethyl adjacent to an activating group) is 1. The molecule has 0 radical (unpaired) electrons. The summed E-state index contributed by atoms with van der Waals surface area (Å²) in [5, 5.41) is 13.4. The second-order valence-electron chi connectivity index (χ2n) is 12.6. The van der Waals surface area contributed by atoms with E-state index in [0.717, 1.165) is 55.8 Å². The largest absolute Gasteiger partial charge is 0.461 e.